The summed E-state index contributed by atoms with van der Waals surface area (Å²) in [5, 5.41) is 6.15. The Labute approximate surface area is 170 Å². The summed E-state index contributed by atoms with van der Waals surface area (Å²) in [7, 11) is 3.20. The number of fused-ring (bicyclic) bond motifs is 3. The fraction of sp³-hybridized carbons (Fsp3) is 0.208. The highest BCUT2D eigenvalue weighted by atomic mass is 16.5. The average molecular weight is 388 g/mol. The van der Waals surface area contributed by atoms with Crippen LogP contribution in [-0.2, 0) is 17.8 Å². The van der Waals surface area contributed by atoms with E-state index in [1.165, 1.54) is 22.3 Å². The predicted molar refractivity (Wildman–Crippen MR) is 115 cm³/mol. The normalized spacial score (nSPS) is 11.4. The number of nitrogens with one attached hydrogen (secondary N) is 2. The summed E-state index contributed by atoms with van der Waals surface area (Å²) in [4.78, 5) is 12.2. The van der Waals surface area contributed by atoms with Gasteiger partial charge in [-0.1, -0.05) is 36.4 Å². The molecule has 5 heteroatoms. The number of anilines is 1. The Balaban J connectivity index is 1.32. The van der Waals surface area contributed by atoms with Crippen LogP contribution in [-0.4, -0.2) is 26.7 Å². The minimum absolute atomic E-state index is 0.0661. The summed E-state index contributed by atoms with van der Waals surface area (Å²) in [6, 6.07) is 20.4. The average Bonchev–Trinajstić information content (AvgIpc) is 3.13. The highest BCUT2D eigenvalue weighted by Gasteiger charge is 2.17. The van der Waals surface area contributed by atoms with E-state index in [2.05, 4.69) is 47.0 Å². The maximum Gasteiger partial charge on any atom is 0.239 e. The number of methoxy groups -OCH3 is 2. The molecular formula is C24H24N2O3. The molecule has 0 radical (unpaired) electrons. The molecule has 0 unspecified atom stereocenters. The molecule has 3 aromatic carbocycles. The lowest BCUT2D eigenvalue weighted by Crippen LogP contribution is -2.29. The summed E-state index contributed by atoms with van der Waals surface area (Å²) in [5.41, 5.74) is 7.14. The van der Waals surface area contributed by atoms with Gasteiger partial charge in [-0.25, -0.2) is 0 Å². The van der Waals surface area contributed by atoms with Crippen LogP contribution in [0, 0.1) is 0 Å². The van der Waals surface area contributed by atoms with Gasteiger partial charge in [-0.2, -0.15) is 0 Å². The minimum atomic E-state index is -0.0661. The van der Waals surface area contributed by atoms with E-state index in [4.69, 9.17) is 9.47 Å². The zero-order valence-corrected chi connectivity index (χ0v) is 16.6. The number of hydrogen-bond acceptors (Lipinski definition) is 4. The van der Waals surface area contributed by atoms with E-state index in [-0.39, 0.29) is 12.5 Å². The quantitative estimate of drug-likeness (QED) is 0.502. The SMILES string of the molecule is COc1ccc(CNC(=O)CNc2ccc3c(c2)Cc2ccccc2-3)cc1OC. The van der Waals surface area contributed by atoms with Crippen molar-refractivity contribution in [2.45, 2.75) is 13.0 Å². The van der Waals surface area contributed by atoms with Gasteiger partial charge >= 0.3 is 0 Å². The first-order valence-electron chi connectivity index (χ1n) is 9.60. The molecule has 3 aromatic rings. The lowest BCUT2D eigenvalue weighted by molar-refractivity contribution is -0.119. The van der Waals surface area contributed by atoms with Crippen LogP contribution in [0.2, 0.25) is 0 Å². The lowest BCUT2D eigenvalue weighted by atomic mass is 10.1. The number of ether oxygens (including phenoxy) is 2. The van der Waals surface area contributed by atoms with Crippen molar-refractivity contribution in [1.82, 2.24) is 5.32 Å². The second kappa shape index (κ2) is 8.27. The topological polar surface area (TPSA) is 59.6 Å². The summed E-state index contributed by atoms with van der Waals surface area (Å²) in [6.07, 6.45) is 0.937. The molecule has 0 heterocycles. The number of carbonyl (C=O) groups is 1. The number of benzene rings is 3. The molecule has 0 bridgehead atoms. The Kier molecular flexibility index (Phi) is 5.38. The van der Waals surface area contributed by atoms with Gasteiger partial charge in [-0.15, -0.1) is 0 Å². The van der Waals surface area contributed by atoms with Crippen LogP contribution >= 0.6 is 0 Å². The number of rotatable bonds is 7. The van der Waals surface area contributed by atoms with E-state index < -0.39 is 0 Å². The predicted octanol–water partition coefficient (Wildman–Crippen LogP) is 4.00. The maximum absolute atomic E-state index is 12.2. The molecule has 5 nitrogen and oxygen atoms in total. The van der Waals surface area contributed by atoms with Crippen LogP contribution in [0.4, 0.5) is 5.69 Å². The van der Waals surface area contributed by atoms with Crippen LogP contribution < -0.4 is 20.1 Å². The molecule has 1 amide bonds. The second-order valence-electron chi connectivity index (χ2n) is 7.03. The van der Waals surface area contributed by atoms with E-state index in [0.717, 1.165) is 17.7 Å². The van der Waals surface area contributed by atoms with Crippen LogP contribution in [0.15, 0.2) is 60.7 Å². The van der Waals surface area contributed by atoms with Crippen molar-refractivity contribution >= 4 is 11.6 Å². The van der Waals surface area contributed by atoms with E-state index >= 15 is 0 Å². The Bertz CT molecular complexity index is 1050. The van der Waals surface area contributed by atoms with Gasteiger partial charge in [0, 0.05) is 12.2 Å². The monoisotopic (exact) mass is 388 g/mol. The van der Waals surface area contributed by atoms with Gasteiger partial charge < -0.3 is 20.1 Å². The number of hydrogen-bond donors (Lipinski definition) is 2. The minimum Gasteiger partial charge on any atom is -0.493 e. The molecule has 0 saturated heterocycles. The van der Waals surface area contributed by atoms with Crippen molar-refractivity contribution in [2.24, 2.45) is 0 Å². The third kappa shape index (κ3) is 4.04. The number of amides is 1. The summed E-state index contributed by atoms with van der Waals surface area (Å²) in [6.45, 7) is 0.652. The first-order chi connectivity index (χ1) is 14.2. The van der Waals surface area contributed by atoms with Crippen molar-refractivity contribution in [3.05, 3.63) is 77.4 Å². The molecule has 4 rings (SSSR count). The summed E-state index contributed by atoms with van der Waals surface area (Å²) < 4.78 is 10.5. The van der Waals surface area contributed by atoms with Crippen molar-refractivity contribution in [1.29, 1.82) is 0 Å². The molecule has 1 aliphatic carbocycles. The lowest BCUT2D eigenvalue weighted by Gasteiger charge is -2.11. The largest absolute Gasteiger partial charge is 0.493 e. The molecule has 0 aliphatic heterocycles. The van der Waals surface area contributed by atoms with Crippen molar-refractivity contribution in [2.75, 3.05) is 26.1 Å². The van der Waals surface area contributed by atoms with E-state index in [9.17, 15) is 4.79 Å². The Morgan fingerprint density at radius 2 is 1.69 bits per heavy atom. The van der Waals surface area contributed by atoms with Crippen LogP contribution in [0.5, 0.6) is 11.5 Å². The van der Waals surface area contributed by atoms with Gasteiger partial charge in [-0.05, 0) is 58.5 Å². The van der Waals surface area contributed by atoms with E-state index in [1.807, 2.05) is 24.3 Å². The van der Waals surface area contributed by atoms with Gasteiger partial charge in [0.1, 0.15) is 0 Å². The maximum atomic E-state index is 12.2. The van der Waals surface area contributed by atoms with Gasteiger partial charge in [0.15, 0.2) is 11.5 Å². The first-order valence-corrected chi connectivity index (χ1v) is 9.60. The van der Waals surface area contributed by atoms with Gasteiger partial charge in [-0.3, -0.25) is 4.79 Å². The smallest absolute Gasteiger partial charge is 0.239 e. The standard InChI is InChI=1S/C24H24N2O3/c1-28-22-10-7-16(11-23(22)29-2)14-26-24(27)15-25-19-8-9-21-18(13-19)12-17-5-3-4-6-20(17)21/h3-11,13,25H,12,14-15H2,1-2H3,(H,26,27). The highest BCUT2D eigenvalue weighted by molar-refractivity contribution is 5.82. The molecule has 0 atom stereocenters. The Hall–Kier alpha value is -3.47. The summed E-state index contributed by atoms with van der Waals surface area (Å²) in [5.74, 6) is 1.25. The number of carbonyl (C=O) groups excluding carboxylic acids is 1. The fourth-order valence-electron chi connectivity index (χ4n) is 3.69. The second-order valence-corrected chi connectivity index (χ2v) is 7.03. The Morgan fingerprint density at radius 3 is 2.52 bits per heavy atom. The Morgan fingerprint density at radius 1 is 0.897 bits per heavy atom. The molecule has 29 heavy (non-hydrogen) atoms. The van der Waals surface area contributed by atoms with Gasteiger partial charge in [0.25, 0.3) is 0 Å². The first kappa shape index (κ1) is 18.9. The van der Waals surface area contributed by atoms with Crippen LogP contribution in [0.3, 0.4) is 0 Å². The molecule has 2 N–H and O–H groups in total. The third-order valence-electron chi connectivity index (χ3n) is 5.18. The zero-order chi connectivity index (χ0) is 20.2. The molecule has 0 spiro atoms. The molecular weight excluding hydrogens is 364 g/mol. The third-order valence-corrected chi connectivity index (χ3v) is 5.18. The fourth-order valence-corrected chi connectivity index (χ4v) is 3.69. The molecule has 1 aliphatic rings. The molecule has 0 fully saturated rings. The summed E-state index contributed by atoms with van der Waals surface area (Å²) >= 11 is 0. The van der Waals surface area contributed by atoms with E-state index in [1.54, 1.807) is 14.2 Å². The highest BCUT2D eigenvalue weighted by Crippen LogP contribution is 2.37. The zero-order valence-electron chi connectivity index (χ0n) is 16.6. The van der Waals surface area contributed by atoms with Crippen molar-refractivity contribution in [3.8, 4) is 22.6 Å². The molecule has 148 valence electrons. The van der Waals surface area contributed by atoms with Crippen LogP contribution in [0.25, 0.3) is 11.1 Å². The van der Waals surface area contributed by atoms with Crippen molar-refractivity contribution < 1.29 is 14.3 Å². The molecule has 0 saturated carbocycles. The van der Waals surface area contributed by atoms with Gasteiger partial charge in [0.05, 0.1) is 20.8 Å². The van der Waals surface area contributed by atoms with Crippen LogP contribution in [0.1, 0.15) is 16.7 Å². The molecule has 0 aromatic heterocycles. The van der Waals surface area contributed by atoms with Gasteiger partial charge in [0.2, 0.25) is 5.91 Å². The van der Waals surface area contributed by atoms with E-state index in [0.29, 0.717) is 18.0 Å². The van der Waals surface area contributed by atoms with Crippen molar-refractivity contribution in [3.63, 3.8) is 0 Å².